The van der Waals surface area contributed by atoms with E-state index in [0.29, 0.717) is 0 Å². The van der Waals surface area contributed by atoms with Gasteiger partial charge in [-0.25, -0.2) is 0 Å². The van der Waals surface area contributed by atoms with Crippen molar-refractivity contribution in [1.82, 2.24) is 5.32 Å². The van der Waals surface area contributed by atoms with Gasteiger partial charge in [-0.1, -0.05) is 6.92 Å². The van der Waals surface area contributed by atoms with Crippen LogP contribution in [0.1, 0.15) is 26.2 Å². The molecule has 0 aliphatic rings. The van der Waals surface area contributed by atoms with Gasteiger partial charge in [0.1, 0.15) is 10.5 Å². The van der Waals surface area contributed by atoms with E-state index in [1.807, 2.05) is 0 Å². The predicted octanol–water partition coefficient (Wildman–Crippen LogP) is -0.362. The van der Waals surface area contributed by atoms with Crippen LogP contribution in [-0.2, 0) is 4.43 Å². The quantitative estimate of drug-likeness (QED) is 0.398. The van der Waals surface area contributed by atoms with Crippen molar-refractivity contribution in [2.45, 2.75) is 26.2 Å². The Morgan fingerprint density at radius 3 is 2.77 bits per heavy atom. The minimum absolute atomic E-state index is 0.740. The van der Waals surface area contributed by atoms with E-state index in [0.717, 1.165) is 42.6 Å². The molecule has 0 fully saturated rings. The molecule has 0 amide bonds. The Balaban J connectivity index is 3.03. The summed E-state index contributed by atoms with van der Waals surface area (Å²) >= 11 is 0. The molecule has 80 valence electrons. The van der Waals surface area contributed by atoms with Crippen molar-refractivity contribution in [2.24, 2.45) is 11.7 Å². The second kappa shape index (κ2) is 10.2. The van der Waals surface area contributed by atoms with Gasteiger partial charge in [0.25, 0.3) is 0 Å². The van der Waals surface area contributed by atoms with Crippen LogP contribution < -0.4 is 11.1 Å². The minimum Gasteiger partial charge on any atom is -0.428 e. The summed E-state index contributed by atoms with van der Waals surface area (Å²) in [5.41, 5.74) is 5.36. The summed E-state index contributed by atoms with van der Waals surface area (Å²) in [5.74, 6) is 0.800. The average Bonchev–Trinajstić information content (AvgIpc) is 2.14. The third-order valence-corrected chi connectivity index (χ3v) is 2.59. The van der Waals surface area contributed by atoms with Crippen LogP contribution in [-0.4, -0.2) is 36.7 Å². The van der Waals surface area contributed by atoms with Gasteiger partial charge in [-0.3, -0.25) is 0 Å². The fourth-order valence-corrected chi connectivity index (χ4v) is 1.50. The Bertz CT molecular complexity index is 104. The summed E-state index contributed by atoms with van der Waals surface area (Å²) in [6.45, 7) is 6.03. The zero-order valence-corrected chi connectivity index (χ0v) is 11.0. The van der Waals surface area contributed by atoms with E-state index in [4.69, 9.17) is 10.2 Å². The second-order valence-corrected chi connectivity index (χ2v) is 4.14. The van der Waals surface area contributed by atoms with Gasteiger partial charge >= 0.3 is 0 Å². The first kappa shape index (κ1) is 13.1. The van der Waals surface area contributed by atoms with Gasteiger partial charge in [-0.2, -0.15) is 0 Å². The fourth-order valence-electron chi connectivity index (χ4n) is 1.27. The Labute approximate surface area is 85.0 Å². The smallest absolute Gasteiger partial charge is 0.145 e. The molecule has 0 aliphatic heterocycles. The molecule has 3 N–H and O–H groups in total. The highest BCUT2D eigenvalue weighted by molar-refractivity contribution is 5.97. The normalized spacial score (nSPS) is 13.4. The highest BCUT2D eigenvalue weighted by Gasteiger charge is 2.00. The number of hydrogen-bond acceptors (Lipinski definition) is 3. The third-order valence-electron chi connectivity index (χ3n) is 2.19. The standard InChI is InChI=1S/C9H24N2OSi/c1-9(4-8-12-13)3-2-6-11-7-5-10/h9,11H,2-8,10H2,1,13H3. The molecule has 0 rings (SSSR count). The molecule has 0 radical (unpaired) electrons. The lowest BCUT2D eigenvalue weighted by Crippen LogP contribution is -2.23. The first-order valence-corrected chi connectivity index (χ1v) is 6.02. The van der Waals surface area contributed by atoms with Gasteiger partial charge in [-0.15, -0.1) is 0 Å². The van der Waals surface area contributed by atoms with Gasteiger partial charge in [0.05, 0.1) is 0 Å². The van der Waals surface area contributed by atoms with E-state index in [1.165, 1.54) is 19.3 Å². The molecule has 13 heavy (non-hydrogen) atoms. The Morgan fingerprint density at radius 1 is 1.38 bits per heavy atom. The van der Waals surface area contributed by atoms with Crippen LogP contribution in [0.5, 0.6) is 0 Å². The maximum atomic E-state index is 5.36. The Morgan fingerprint density at radius 2 is 2.15 bits per heavy atom. The van der Waals surface area contributed by atoms with Crippen LogP contribution in [0.25, 0.3) is 0 Å². The van der Waals surface area contributed by atoms with Gasteiger partial charge in [0.2, 0.25) is 0 Å². The van der Waals surface area contributed by atoms with E-state index < -0.39 is 0 Å². The average molecular weight is 204 g/mol. The largest absolute Gasteiger partial charge is 0.428 e. The van der Waals surface area contributed by atoms with Crippen molar-refractivity contribution in [3.63, 3.8) is 0 Å². The molecule has 1 atom stereocenters. The van der Waals surface area contributed by atoms with E-state index in [1.54, 1.807) is 0 Å². The second-order valence-electron chi connectivity index (χ2n) is 3.57. The summed E-state index contributed by atoms with van der Waals surface area (Å²) in [6, 6.07) is 0. The van der Waals surface area contributed by atoms with Gasteiger partial charge < -0.3 is 15.5 Å². The third kappa shape index (κ3) is 10.0. The molecule has 4 heteroatoms. The molecule has 0 saturated heterocycles. The summed E-state index contributed by atoms with van der Waals surface area (Å²) in [7, 11) is 0.875. The van der Waals surface area contributed by atoms with Crippen molar-refractivity contribution in [3.8, 4) is 0 Å². The number of hydrogen-bond donors (Lipinski definition) is 2. The molecule has 0 saturated carbocycles. The van der Waals surface area contributed by atoms with Crippen LogP contribution in [0.15, 0.2) is 0 Å². The highest BCUT2D eigenvalue weighted by Crippen LogP contribution is 2.08. The molecule has 0 heterocycles. The van der Waals surface area contributed by atoms with Crippen LogP contribution in [0.3, 0.4) is 0 Å². The molecule has 0 aromatic rings. The zero-order chi connectivity index (χ0) is 9.94. The molecule has 0 aromatic carbocycles. The van der Waals surface area contributed by atoms with Crippen LogP contribution in [0.2, 0.25) is 0 Å². The van der Waals surface area contributed by atoms with E-state index in [9.17, 15) is 0 Å². The summed E-state index contributed by atoms with van der Waals surface area (Å²) in [6.07, 6.45) is 3.76. The molecular weight excluding hydrogens is 180 g/mol. The van der Waals surface area contributed by atoms with Gasteiger partial charge in [0, 0.05) is 19.7 Å². The first-order chi connectivity index (χ1) is 6.31. The maximum Gasteiger partial charge on any atom is 0.145 e. The van der Waals surface area contributed by atoms with E-state index >= 15 is 0 Å². The maximum absolute atomic E-state index is 5.36. The predicted molar refractivity (Wildman–Crippen MR) is 60.8 cm³/mol. The van der Waals surface area contributed by atoms with Gasteiger partial charge in [-0.05, 0) is 31.7 Å². The molecule has 0 aliphatic carbocycles. The SMILES string of the molecule is CC(CCCNCCN)CCO[SiH3]. The number of nitrogens with one attached hydrogen (secondary N) is 1. The zero-order valence-electron chi connectivity index (χ0n) is 9.01. The highest BCUT2D eigenvalue weighted by atomic mass is 28.2. The van der Waals surface area contributed by atoms with Crippen molar-refractivity contribution in [3.05, 3.63) is 0 Å². The number of nitrogens with two attached hydrogens (primary N) is 1. The molecule has 3 nitrogen and oxygen atoms in total. The van der Waals surface area contributed by atoms with Crippen molar-refractivity contribution >= 4 is 10.5 Å². The van der Waals surface area contributed by atoms with Crippen molar-refractivity contribution in [1.29, 1.82) is 0 Å². The van der Waals surface area contributed by atoms with Crippen molar-refractivity contribution < 1.29 is 4.43 Å². The summed E-state index contributed by atoms with van der Waals surface area (Å²) in [5, 5.41) is 3.30. The molecule has 1 unspecified atom stereocenters. The van der Waals surface area contributed by atoms with Crippen molar-refractivity contribution in [2.75, 3.05) is 26.2 Å². The van der Waals surface area contributed by atoms with E-state index in [-0.39, 0.29) is 0 Å². The molecule has 0 aromatic heterocycles. The minimum atomic E-state index is 0.740. The van der Waals surface area contributed by atoms with E-state index in [2.05, 4.69) is 12.2 Å². The lowest BCUT2D eigenvalue weighted by atomic mass is 10.0. The monoisotopic (exact) mass is 204 g/mol. The van der Waals surface area contributed by atoms with Crippen LogP contribution >= 0.6 is 0 Å². The number of rotatable bonds is 9. The lowest BCUT2D eigenvalue weighted by Gasteiger charge is -2.10. The lowest BCUT2D eigenvalue weighted by molar-refractivity contribution is 0.299. The summed E-state index contributed by atoms with van der Waals surface area (Å²) < 4.78 is 5.16. The molecule has 0 spiro atoms. The Hall–Kier alpha value is 0.0969. The van der Waals surface area contributed by atoms with Gasteiger partial charge in [0.15, 0.2) is 0 Å². The first-order valence-electron chi connectivity index (χ1n) is 5.21. The molecular formula is C9H24N2OSi. The topological polar surface area (TPSA) is 47.3 Å². The summed E-state index contributed by atoms with van der Waals surface area (Å²) in [4.78, 5) is 0. The Kier molecular flexibility index (Phi) is 10.3. The van der Waals surface area contributed by atoms with Crippen LogP contribution in [0.4, 0.5) is 0 Å². The molecule has 0 bridgehead atoms. The van der Waals surface area contributed by atoms with Crippen LogP contribution in [0, 0.1) is 5.92 Å². The fraction of sp³-hybridized carbons (Fsp3) is 1.00.